The Hall–Kier alpha value is -4.05. The number of carbonyl (C=O) groups excluding carboxylic acids is 1. The van der Waals surface area contributed by atoms with Crippen molar-refractivity contribution in [1.29, 1.82) is 0 Å². The maximum absolute atomic E-state index is 12.0. The second-order valence-electron chi connectivity index (χ2n) is 13.7. The number of ether oxygens (including phenoxy) is 1. The van der Waals surface area contributed by atoms with E-state index in [0.717, 1.165) is 44.5 Å². The van der Waals surface area contributed by atoms with Gasteiger partial charge in [0.05, 0.1) is 7.11 Å². The van der Waals surface area contributed by atoms with Gasteiger partial charge in [-0.1, -0.05) is 133 Å². The maximum Gasteiger partial charge on any atom is 0.305 e. The second kappa shape index (κ2) is 12.3. The molecule has 43 heavy (non-hydrogen) atoms. The van der Waals surface area contributed by atoms with E-state index in [2.05, 4.69) is 84.9 Å². The predicted molar refractivity (Wildman–Crippen MR) is 175 cm³/mol. The maximum atomic E-state index is 12.0. The molecule has 4 rings (SSSR count). The third kappa shape index (κ3) is 6.80. The average molecular weight is 579 g/mol. The molecule has 0 spiro atoms. The Balaban J connectivity index is 1.89. The van der Waals surface area contributed by atoms with Crippen molar-refractivity contribution >= 4 is 5.97 Å². The molecular weight excluding hydrogens is 532 g/mol. The van der Waals surface area contributed by atoms with Crippen LogP contribution in [0.5, 0.6) is 11.5 Å². The molecular formula is C39H46O4. The summed E-state index contributed by atoms with van der Waals surface area (Å²) in [6.07, 6.45) is 1.23. The largest absolute Gasteiger partial charge is 0.507 e. The standard InChI is InChI=1S/C39H46O4/c1-37(2,3)31-24-27(25-33(36(31)42)39(6,7)30-17-13-10-14-18-30)22-28-21-26(19-20-34(40)43-8)23-32(35(28)41)38(4,5)29-15-11-9-12-16-29/h9-18,21,23-25,41-42H,19-20,22H2,1-8H3. The highest BCUT2D eigenvalue weighted by atomic mass is 16.5. The lowest BCUT2D eigenvalue weighted by Crippen LogP contribution is -2.22. The van der Waals surface area contributed by atoms with Crippen LogP contribution in [0.1, 0.15) is 99.4 Å². The Morgan fingerprint density at radius 2 is 1.12 bits per heavy atom. The summed E-state index contributed by atoms with van der Waals surface area (Å²) >= 11 is 0. The van der Waals surface area contributed by atoms with Crippen molar-refractivity contribution in [2.45, 2.75) is 84.0 Å². The van der Waals surface area contributed by atoms with Crippen LogP contribution in [0.2, 0.25) is 0 Å². The summed E-state index contributed by atoms with van der Waals surface area (Å²) in [5.41, 5.74) is 6.28. The zero-order valence-electron chi connectivity index (χ0n) is 26.9. The summed E-state index contributed by atoms with van der Waals surface area (Å²) in [6, 6.07) is 28.6. The number of rotatable bonds is 9. The minimum absolute atomic E-state index is 0.255. The van der Waals surface area contributed by atoms with E-state index < -0.39 is 10.8 Å². The van der Waals surface area contributed by atoms with Gasteiger partial charge in [-0.25, -0.2) is 0 Å². The smallest absolute Gasteiger partial charge is 0.305 e. The van der Waals surface area contributed by atoms with E-state index in [1.165, 1.54) is 7.11 Å². The molecule has 0 saturated heterocycles. The minimum Gasteiger partial charge on any atom is -0.507 e. The molecule has 0 heterocycles. The van der Waals surface area contributed by atoms with Crippen LogP contribution < -0.4 is 0 Å². The Morgan fingerprint density at radius 1 is 0.651 bits per heavy atom. The number of esters is 1. The molecule has 0 amide bonds. The number of aryl methyl sites for hydroxylation is 1. The molecule has 0 aliphatic heterocycles. The van der Waals surface area contributed by atoms with Crippen LogP contribution in [0.15, 0.2) is 84.9 Å². The average Bonchev–Trinajstić information content (AvgIpc) is 2.98. The normalized spacial score (nSPS) is 12.3. The highest BCUT2D eigenvalue weighted by Gasteiger charge is 2.32. The fourth-order valence-electron chi connectivity index (χ4n) is 5.95. The Morgan fingerprint density at radius 3 is 1.60 bits per heavy atom. The lowest BCUT2D eigenvalue weighted by atomic mass is 9.73. The summed E-state index contributed by atoms with van der Waals surface area (Å²) in [6.45, 7) is 14.8. The van der Waals surface area contributed by atoms with Crippen LogP contribution in [0.3, 0.4) is 0 Å². The van der Waals surface area contributed by atoms with Gasteiger partial charge < -0.3 is 14.9 Å². The highest BCUT2D eigenvalue weighted by molar-refractivity contribution is 5.69. The third-order valence-electron chi connectivity index (χ3n) is 8.80. The summed E-state index contributed by atoms with van der Waals surface area (Å²) in [4.78, 5) is 12.0. The molecule has 0 unspecified atom stereocenters. The highest BCUT2D eigenvalue weighted by Crippen LogP contribution is 2.44. The molecule has 2 N–H and O–H groups in total. The molecule has 0 aromatic heterocycles. The molecule has 0 radical (unpaired) electrons. The first kappa shape index (κ1) is 31.9. The Bertz CT molecular complexity index is 1580. The zero-order chi connectivity index (χ0) is 31.6. The molecule has 0 fully saturated rings. The van der Waals surface area contributed by atoms with E-state index in [9.17, 15) is 15.0 Å². The molecule has 4 nitrogen and oxygen atoms in total. The van der Waals surface area contributed by atoms with Crippen LogP contribution in [0, 0.1) is 0 Å². The fraction of sp³-hybridized carbons (Fsp3) is 0.359. The summed E-state index contributed by atoms with van der Waals surface area (Å²) < 4.78 is 4.91. The van der Waals surface area contributed by atoms with Crippen LogP contribution in [0.4, 0.5) is 0 Å². The molecule has 0 aliphatic rings. The third-order valence-corrected chi connectivity index (χ3v) is 8.80. The van der Waals surface area contributed by atoms with Crippen LogP contribution in [0.25, 0.3) is 0 Å². The SMILES string of the molecule is COC(=O)CCc1cc(Cc2cc(C(C)(C)C)c(O)c(C(C)(C)c3ccccc3)c2)c(O)c(C(C)(C)c2ccccc2)c1. The van der Waals surface area contributed by atoms with Crippen molar-refractivity contribution in [3.8, 4) is 11.5 Å². The number of hydrogen-bond donors (Lipinski definition) is 2. The Kier molecular flexibility index (Phi) is 9.11. The van der Waals surface area contributed by atoms with E-state index >= 15 is 0 Å². The van der Waals surface area contributed by atoms with Crippen molar-refractivity contribution < 1.29 is 19.7 Å². The van der Waals surface area contributed by atoms with Crippen LogP contribution in [-0.4, -0.2) is 23.3 Å². The van der Waals surface area contributed by atoms with Crippen molar-refractivity contribution in [2.75, 3.05) is 7.11 Å². The number of phenolic OH excluding ortho intramolecular Hbond substituents is 2. The van der Waals surface area contributed by atoms with Crippen LogP contribution >= 0.6 is 0 Å². The summed E-state index contributed by atoms with van der Waals surface area (Å²) in [5, 5.41) is 23.5. The van der Waals surface area contributed by atoms with Gasteiger partial charge in [0.2, 0.25) is 0 Å². The monoisotopic (exact) mass is 578 g/mol. The second-order valence-corrected chi connectivity index (χ2v) is 13.7. The number of aromatic hydroxyl groups is 2. The van der Waals surface area contributed by atoms with Gasteiger partial charge in [0.15, 0.2) is 0 Å². The molecule has 4 aromatic rings. The summed E-state index contributed by atoms with van der Waals surface area (Å²) in [7, 11) is 1.40. The minimum atomic E-state index is -0.479. The topological polar surface area (TPSA) is 66.8 Å². The summed E-state index contributed by atoms with van der Waals surface area (Å²) in [5.74, 6) is 0.302. The predicted octanol–water partition coefficient (Wildman–Crippen LogP) is 8.74. The molecule has 4 heteroatoms. The van der Waals surface area contributed by atoms with E-state index in [0.29, 0.717) is 18.6 Å². The fourth-order valence-corrected chi connectivity index (χ4v) is 5.95. The molecule has 0 saturated carbocycles. The van der Waals surface area contributed by atoms with Crippen LogP contribution in [-0.2, 0) is 38.6 Å². The molecule has 226 valence electrons. The number of benzene rings is 4. The molecule has 0 atom stereocenters. The van der Waals surface area contributed by atoms with Gasteiger partial charge in [-0.05, 0) is 45.2 Å². The van der Waals surface area contributed by atoms with Crippen molar-refractivity contribution in [2.24, 2.45) is 0 Å². The van der Waals surface area contributed by atoms with E-state index in [1.54, 1.807) is 0 Å². The number of hydrogen-bond acceptors (Lipinski definition) is 4. The number of methoxy groups -OCH3 is 1. The lowest BCUT2D eigenvalue weighted by Gasteiger charge is -2.31. The van der Waals surface area contributed by atoms with Crippen molar-refractivity contribution in [3.63, 3.8) is 0 Å². The first-order chi connectivity index (χ1) is 20.2. The van der Waals surface area contributed by atoms with Gasteiger partial charge in [-0.15, -0.1) is 0 Å². The number of phenols is 2. The van der Waals surface area contributed by atoms with E-state index in [1.807, 2.05) is 48.5 Å². The Labute approximate surface area is 257 Å². The van der Waals surface area contributed by atoms with Gasteiger partial charge in [-0.2, -0.15) is 0 Å². The van der Waals surface area contributed by atoms with Gasteiger partial charge in [0.25, 0.3) is 0 Å². The van der Waals surface area contributed by atoms with Gasteiger partial charge in [0.1, 0.15) is 11.5 Å². The molecule has 4 aromatic carbocycles. The first-order valence-corrected chi connectivity index (χ1v) is 15.1. The first-order valence-electron chi connectivity index (χ1n) is 15.1. The van der Waals surface area contributed by atoms with E-state index in [4.69, 9.17) is 4.74 Å². The molecule has 0 aliphatic carbocycles. The van der Waals surface area contributed by atoms with Crippen molar-refractivity contribution in [1.82, 2.24) is 0 Å². The molecule has 0 bridgehead atoms. The lowest BCUT2D eigenvalue weighted by molar-refractivity contribution is -0.140. The van der Waals surface area contributed by atoms with Gasteiger partial charge in [0, 0.05) is 34.8 Å². The van der Waals surface area contributed by atoms with E-state index in [-0.39, 0.29) is 23.6 Å². The quantitative estimate of drug-likeness (QED) is 0.195. The van der Waals surface area contributed by atoms with Gasteiger partial charge >= 0.3 is 5.97 Å². The zero-order valence-corrected chi connectivity index (χ0v) is 26.9. The van der Waals surface area contributed by atoms with Crippen molar-refractivity contribution in [3.05, 3.63) is 129 Å². The van der Waals surface area contributed by atoms with Gasteiger partial charge in [-0.3, -0.25) is 4.79 Å². The number of carbonyl (C=O) groups is 1.